The summed E-state index contributed by atoms with van der Waals surface area (Å²) in [7, 11) is 0. The zero-order valence-corrected chi connectivity index (χ0v) is 15.5. The molecule has 5 nitrogen and oxygen atoms in total. The highest BCUT2D eigenvalue weighted by atomic mass is 16.5. The fraction of sp³-hybridized carbons (Fsp3) is 0.700. The van der Waals surface area contributed by atoms with Crippen molar-refractivity contribution >= 4 is 11.9 Å². The Hall–Kier alpha value is -1.62. The SMILES string of the molecule is C=C1COC(=O)[C@]12C[C@@]1(C)[C@H]([C@@H](OC(=O)/C(C)=C\C)CC[C@@H]1C)[C@H]2O. The van der Waals surface area contributed by atoms with Gasteiger partial charge in [0.15, 0.2) is 0 Å². The average molecular weight is 348 g/mol. The molecule has 6 atom stereocenters. The van der Waals surface area contributed by atoms with Crippen LogP contribution < -0.4 is 0 Å². The molecular formula is C20H28O5. The van der Waals surface area contributed by atoms with Crippen molar-refractivity contribution < 1.29 is 24.2 Å². The number of hydrogen-bond donors (Lipinski definition) is 1. The summed E-state index contributed by atoms with van der Waals surface area (Å²) in [6.45, 7) is 11.9. The number of esters is 2. The molecule has 3 aliphatic rings. The van der Waals surface area contributed by atoms with Crippen molar-refractivity contribution in [2.45, 2.75) is 59.2 Å². The lowest BCUT2D eigenvalue weighted by Crippen LogP contribution is -2.48. The minimum atomic E-state index is -1.06. The number of carbonyl (C=O) groups excluding carboxylic acids is 2. The molecule has 0 aromatic carbocycles. The van der Waals surface area contributed by atoms with Crippen LogP contribution in [0.15, 0.2) is 23.8 Å². The van der Waals surface area contributed by atoms with Gasteiger partial charge in [0.2, 0.25) is 0 Å². The minimum absolute atomic E-state index is 0.162. The molecule has 0 unspecified atom stereocenters. The van der Waals surface area contributed by atoms with Crippen LogP contribution in [-0.2, 0) is 19.1 Å². The number of cyclic esters (lactones) is 1. The number of aliphatic hydroxyl groups excluding tert-OH is 1. The van der Waals surface area contributed by atoms with Crippen LogP contribution in [0, 0.1) is 22.7 Å². The Morgan fingerprint density at radius 2 is 2.12 bits per heavy atom. The molecule has 1 aliphatic heterocycles. The molecule has 2 saturated carbocycles. The summed E-state index contributed by atoms with van der Waals surface area (Å²) in [5, 5.41) is 11.2. The topological polar surface area (TPSA) is 72.8 Å². The molecule has 0 bridgehead atoms. The van der Waals surface area contributed by atoms with Crippen LogP contribution in [0.5, 0.6) is 0 Å². The van der Waals surface area contributed by atoms with Crippen molar-refractivity contribution in [3.05, 3.63) is 23.8 Å². The van der Waals surface area contributed by atoms with Crippen molar-refractivity contribution in [1.82, 2.24) is 0 Å². The molecule has 1 heterocycles. The number of allylic oxidation sites excluding steroid dienone is 1. The van der Waals surface area contributed by atoms with Gasteiger partial charge in [0, 0.05) is 11.5 Å². The molecule has 0 radical (unpaired) electrons. The molecule has 5 heteroatoms. The van der Waals surface area contributed by atoms with Gasteiger partial charge in [-0.1, -0.05) is 26.5 Å². The lowest BCUT2D eigenvalue weighted by molar-refractivity contribution is -0.161. The monoisotopic (exact) mass is 348 g/mol. The second-order valence-corrected chi connectivity index (χ2v) is 8.20. The summed E-state index contributed by atoms with van der Waals surface area (Å²) in [5.74, 6) is -0.731. The summed E-state index contributed by atoms with van der Waals surface area (Å²) < 4.78 is 11.0. The fourth-order valence-electron chi connectivity index (χ4n) is 5.11. The van der Waals surface area contributed by atoms with Gasteiger partial charge in [-0.25, -0.2) is 4.79 Å². The fourth-order valence-corrected chi connectivity index (χ4v) is 5.11. The van der Waals surface area contributed by atoms with Gasteiger partial charge < -0.3 is 14.6 Å². The second-order valence-electron chi connectivity index (χ2n) is 8.20. The van der Waals surface area contributed by atoms with Gasteiger partial charge in [0.1, 0.15) is 18.1 Å². The Balaban J connectivity index is 1.98. The van der Waals surface area contributed by atoms with E-state index in [1.165, 1.54) is 0 Å². The Morgan fingerprint density at radius 3 is 2.68 bits per heavy atom. The highest BCUT2D eigenvalue weighted by Gasteiger charge is 2.70. The van der Waals surface area contributed by atoms with Crippen LogP contribution in [0.25, 0.3) is 0 Å². The third-order valence-corrected chi connectivity index (χ3v) is 7.06. The number of hydrogen-bond acceptors (Lipinski definition) is 5. The van der Waals surface area contributed by atoms with E-state index in [0.29, 0.717) is 29.9 Å². The minimum Gasteiger partial charge on any atom is -0.460 e. The van der Waals surface area contributed by atoms with Gasteiger partial charge in [-0.05, 0) is 50.0 Å². The molecule has 3 fully saturated rings. The van der Waals surface area contributed by atoms with Crippen molar-refractivity contribution in [2.24, 2.45) is 22.7 Å². The molecule has 138 valence electrons. The van der Waals surface area contributed by atoms with Crippen molar-refractivity contribution in [3.63, 3.8) is 0 Å². The molecule has 3 rings (SSSR count). The third kappa shape index (κ3) is 2.39. The first-order chi connectivity index (χ1) is 11.7. The van der Waals surface area contributed by atoms with Crippen LogP contribution in [0.2, 0.25) is 0 Å². The van der Waals surface area contributed by atoms with E-state index in [2.05, 4.69) is 20.4 Å². The summed E-state index contributed by atoms with van der Waals surface area (Å²) in [6, 6.07) is 0. The van der Waals surface area contributed by atoms with E-state index in [1.807, 2.05) is 0 Å². The molecular weight excluding hydrogens is 320 g/mol. The summed E-state index contributed by atoms with van der Waals surface area (Å²) in [6.07, 6.45) is 2.46. The van der Waals surface area contributed by atoms with E-state index in [1.54, 1.807) is 19.9 Å². The van der Waals surface area contributed by atoms with Crippen LogP contribution >= 0.6 is 0 Å². The van der Waals surface area contributed by atoms with Crippen molar-refractivity contribution in [1.29, 1.82) is 0 Å². The van der Waals surface area contributed by atoms with Crippen LogP contribution in [0.4, 0.5) is 0 Å². The zero-order chi connectivity index (χ0) is 18.6. The number of rotatable bonds is 2. The van der Waals surface area contributed by atoms with Crippen molar-refractivity contribution in [2.75, 3.05) is 6.61 Å². The normalized spacial score (nSPS) is 44.0. The summed E-state index contributed by atoms with van der Waals surface area (Å²) in [5.41, 5.74) is -0.174. The maximum Gasteiger partial charge on any atom is 0.333 e. The molecule has 0 amide bonds. The van der Waals surface area contributed by atoms with Gasteiger partial charge in [-0.15, -0.1) is 0 Å². The lowest BCUT2D eigenvalue weighted by Gasteiger charge is -2.46. The standard InChI is InChI=1S/C20H28O5/c1-6-11(2)17(22)25-14-8-7-12(3)19(5)10-20(16(21)15(14)19)13(4)9-24-18(20)23/h6,12,14-16,21H,4,7-10H2,1-3,5H3/b11-6-/t12-,14-,15+,16+,19+,20+/m0/s1. The van der Waals surface area contributed by atoms with E-state index in [0.717, 1.165) is 6.42 Å². The first kappa shape index (κ1) is 18.2. The van der Waals surface area contributed by atoms with Gasteiger partial charge in [0.25, 0.3) is 0 Å². The Kier molecular flexibility index (Phi) is 4.34. The highest BCUT2D eigenvalue weighted by molar-refractivity contribution is 5.88. The third-order valence-electron chi connectivity index (χ3n) is 7.06. The van der Waals surface area contributed by atoms with Crippen molar-refractivity contribution in [3.8, 4) is 0 Å². The van der Waals surface area contributed by atoms with E-state index in [4.69, 9.17) is 9.47 Å². The molecule has 1 spiro atoms. The van der Waals surface area contributed by atoms with Crippen LogP contribution in [0.3, 0.4) is 0 Å². The number of carbonyl (C=O) groups is 2. The largest absolute Gasteiger partial charge is 0.460 e. The highest BCUT2D eigenvalue weighted by Crippen LogP contribution is 2.65. The first-order valence-electron chi connectivity index (χ1n) is 9.06. The molecule has 0 aromatic heterocycles. The Bertz CT molecular complexity index is 632. The zero-order valence-electron chi connectivity index (χ0n) is 15.5. The van der Waals surface area contributed by atoms with Crippen LogP contribution in [-0.4, -0.2) is 35.9 Å². The molecule has 0 aromatic rings. The summed E-state index contributed by atoms with van der Waals surface area (Å²) >= 11 is 0. The number of aliphatic hydroxyl groups is 1. The average Bonchev–Trinajstić information content (AvgIpc) is 3.00. The van der Waals surface area contributed by atoms with E-state index in [-0.39, 0.29) is 29.9 Å². The quantitative estimate of drug-likeness (QED) is 0.472. The van der Waals surface area contributed by atoms with Crippen LogP contribution in [0.1, 0.15) is 47.0 Å². The van der Waals surface area contributed by atoms with Gasteiger partial charge in [-0.2, -0.15) is 0 Å². The summed E-state index contributed by atoms with van der Waals surface area (Å²) in [4.78, 5) is 24.8. The van der Waals surface area contributed by atoms with Gasteiger partial charge in [-0.3, -0.25) is 4.79 Å². The molecule has 1 saturated heterocycles. The maximum absolute atomic E-state index is 12.5. The smallest absolute Gasteiger partial charge is 0.333 e. The Labute approximate surface area is 149 Å². The van der Waals surface area contributed by atoms with E-state index < -0.39 is 17.6 Å². The van der Waals surface area contributed by atoms with E-state index in [9.17, 15) is 14.7 Å². The van der Waals surface area contributed by atoms with E-state index >= 15 is 0 Å². The Morgan fingerprint density at radius 1 is 1.44 bits per heavy atom. The number of fused-ring (bicyclic) bond motifs is 1. The van der Waals surface area contributed by atoms with Gasteiger partial charge in [0.05, 0.1) is 6.10 Å². The first-order valence-corrected chi connectivity index (χ1v) is 9.06. The number of ether oxygens (including phenoxy) is 2. The lowest BCUT2D eigenvalue weighted by atomic mass is 9.61. The molecule has 2 aliphatic carbocycles. The predicted octanol–water partition coefficient (Wildman–Crippen LogP) is 2.78. The molecule has 1 N–H and O–H groups in total. The molecule has 25 heavy (non-hydrogen) atoms. The van der Waals surface area contributed by atoms with Gasteiger partial charge >= 0.3 is 11.9 Å². The second kappa shape index (κ2) is 5.97. The maximum atomic E-state index is 12.5. The predicted molar refractivity (Wildman–Crippen MR) is 92.5 cm³/mol.